The van der Waals surface area contributed by atoms with Gasteiger partial charge in [0.05, 0.1) is 0 Å². The highest BCUT2D eigenvalue weighted by Gasteiger charge is 2.41. The van der Waals surface area contributed by atoms with Crippen molar-refractivity contribution >= 4 is 16.1 Å². The summed E-state index contributed by atoms with van der Waals surface area (Å²) in [5, 5.41) is -1.51. The second kappa shape index (κ2) is 7.27. The molecule has 2 N–H and O–H groups in total. The third-order valence-corrected chi connectivity index (χ3v) is 6.44. The van der Waals surface area contributed by atoms with Crippen LogP contribution >= 0.6 is 0 Å². The van der Waals surface area contributed by atoms with Crippen molar-refractivity contribution in [2.24, 2.45) is 0 Å². The smallest absolute Gasteiger partial charge is 0.335 e. The Hall–Kier alpha value is -1.70. The molecule has 25 heavy (non-hydrogen) atoms. The van der Waals surface area contributed by atoms with Gasteiger partial charge in [0.15, 0.2) is 0 Å². The van der Waals surface area contributed by atoms with E-state index >= 15 is 0 Å². The van der Waals surface area contributed by atoms with Gasteiger partial charge in [-0.15, -0.1) is 0 Å². The number of alkyl halides is 2. The summed E-state index contributed by atoms with van der Waals surface area (Å²) in [5.74, 6) is 0. The van der Waals surface area contributed by atoms with E-state index in [1.54, 1.807) is 0 Å². The van der Waals surface area contributed by atoms with Crippen molar-refractivity contribution in [2.75, 3.05) is 0 Å². The molecule has 1 fully saturated rings. The predicted octanol–water partition coefficient (Wildman–Crippen LogP) is 3.52. The first-order valence-electron chi connectivity index (χ1n) is 8.36. The molecule has 0 atom stereocenters. The second-order valence-electron chi connectivity index (χ2n) is 6.66. The van der Waals surface area contributed by atoms with E-state index in [4.69, 9.17) is 0 Å². The van der Waals surface area contributed by atoms with E-state index in [0.717, 1.165) is 19.3 Å². The summed E-state index contributed by atoms with van der Waals surface area (Å²) in [5.41, 5.74) is 1.30. The molecule has 0 heterocycles. The monoisotopic (exact) mass is 374 g/mol. The highest BCUT2D eigenvalue weighted by atomic mass is 32.2. The van der Waals surface area contributed by atoms with Crippen LogP contribution in [0.3, 0.4) is 0 Å². The van der Waals surface area contributed by atoms with Gasteiger partial charge in [-0.3, -0.25) is 0 Å². The molecule has 0 aliphatic heterocycles. The van der Waals surface area contributed by atoms with Gasteiger partial charge in [-0.25, -0.2) is 17.9 Å². The number of amides is 2. The molecule has 1 saturated carbocycles. The maximum Gasteiger partial charge on any atom is 0.361 e. The zero-order valence-electron chi connectivity index (χ0n) is 14.4. The standard InChI is InChI=1S/C17H24F2N2O3S/c1-3-17(13-7-5-4-6-8-13)11-9-14(10-12-17)20-15(22)21-25(23,24)16(2,18)19/h4-8,14H,3,9-12H2,1-2H3,(H2,20,21,22). The number of carbonyl (C=O) groups is 1. The number of benzene rings is 1. The van der Waals surface area contributed by atoms with Gasteiger partial charge >= 0.3 is 21.3 Å². The van der Waals surface area contributed by atoms with Gasteiger partial charge in [-0.1, -0.05) is 37.3 Å². The third-order valence-electron chi connectivity index (χ3n) is 5.04. The van der Waals surface area contributed by atoms with Crippen LogP contribution in [0.2, 0.25) is 0 Å². The van der Waals surface area contributed by atoms with Crippen LogP contribution in [0, 0.1) is 0 Å². The van der Waals surface area contributed by atoms with Gasteiger partial charge < -0.3 is 5.32 Å². The average Bonchev–Trinajstić information content (AvgIpc) is 2.55. The molecule has 1 aromatic carbocycles. The van der Waals surface area contributed by atoms with Gasteiger partial charge in [-0.2, -0.15) is 8.78 Å². The van der Waals surface area contributed by atoms with E-state index in [-0.39, 0.29) is 18.4 Å². The molecule has 140 valence electrons. The Morgan fingerprint density at radius 2 is 1.80 bits per heavy atom. The fraction of sp³-hybridized carbons (Fsp3) is 0.588. The Kier molecular flexibility index (Phi) is 5.71. The summed E-state index contributed by atoms with van der Waals surface area (Å²) in [4.78, 5) is 11.7. The number of urea groups is 1. The molecule has 0 saturated heterocycles. The number of hydrogen-bond donors (Lipinski definition) is 2. The van der Waals surface area contributed by atoms with E-state index in [0.29, 0.717) is 12.8 Å². The van der Waals surface area contributed by atoms with Crippen LogP contribution in [-0.4, -0.2) is 25.7 Å². The molecule has 0 aromatic heterocycles. The van der Waals surface area contributed by atoms with Gasteiger partial charge in [-0.05, 0) is 43.1 Å². The van der Waals surface area contributed by atoms with Crippen molar-refractivity contribution in [3.63, 3.8) is 0 Å². The van der Waals surface area contributed by atoms with Crippen LogP contribution in [0.4, 0.5) is 13.6 Å². The maximum absolute atomic E-state index is 12.9. The largest absolute Gasteiger partial charge is 0.361 e. The fourth-order valence-corrected chi connectivity index (χ4v) is 3.86. The van der Waals surface area contributed by atoms with Crippen LogP contribution in [0.5, 0.6) is 0 Å². The lowest BCUT2D eigenvalue weighted by molar-refractivity contribution is 0.112. The number of hydrogen-bond acceptors (Lipinski definition) is 3. The summed E-state index contributed by atoms with van der Waals surface area (Å²) >= 11 is 0. The maximum atomic E-state index is 12.9. The average molecular weight is 374 g/mol. The molecule has 2 rings (SSSR count). The number of carbonyl (C=O) groups excluding carboxylic acids is 1. The minimum Gasteiger partial charge on any atom is -0.335 e. The molecule has 0 spiro atoms. The zero-order chi connectivity index (χ0) is 18.7. The highest BCUT2D eigenvalue weighted by molar-refractivity contribution is 7.91. The zero-order valence-corrected chi connectivity index (χ0v) is 15.2. The van der Waals surface area contributed by atoms with Crippen molar-refractivity contribution in [1.29, 1.82) is 0 Å². The second-order valence-corrected chi connectivity index (χ2v) is 8.59. The van der Waals surface area contributed by atoms with Crippen LogP contribution < -0.4 is 10.0 Å². The highest BCUT2D eigenvalue weighted by Crippen LogP contribution is 2.42. The summed E-state index contributed by atoms with van der Waals surface area (Å²) < 4.78 is 49.9. The van der Waals surface area contributed by atoms with E-state index in [1.807, 2.05) is 18.2 Å². The summed E-state index contributed by atoms with van der Waals surface area (Å²) in [6.45, 7) is 2.36. The Morgan fingerprint density at radius 1 is 1.24 bits per heavy atom. The SMILES string of the molecule is CCC1(c2ccccc2)CCC(NC(=O)NS(=O)(=O)C(C)(F)F)CC1. The molecule has 1 aliphatic carbocycles. The lowest BCUT2D eigenvalue weighted by Crippen LogP contribution is -2.50. The molecule has 1 aromatic rings. The van der Waals surface area contributed by atoms with Crippen LogP contribution in [0.25, 0.3) is 0 Å². The molecule has 2 amide bonds. The molecular weight excluding hydrogens is 350 g/mol. The van der Waals surface area contributed by atoms with E-state index in [1.165, 1.54) is 10.3 Å². The van der Waals surface area contributed by atoms with Crippen LogP contribution in [0.1, 0.15) is 51.5 Å². The molecular formula is C17H24F2N2O3S. The first-order valence-corrected chi connectivity index (χ1v) is 9.84. The van der Waals surface area contributed by atoms with Gasteiger partial charge in [0.2, 0.25) is 0 Å². The lowest BCUT2D eigenvalue weighted by Gasteiger charge is -2.40. The molecule has 5 nitrogen and oxygen atoms in total. The fourth-order valence-electron chi connectivity index (χ4n) is 3.38. The van der Waals surface area contributed by atoms with Crippen molar-refractivity contribution in [3.05, 3.63) is 35.9 Å². The predicted molar refractivity (Wildman–Crippen MR) is 91.9 cm³/mol. The van der Waals surface area contributed by atoms with Crippen LogP contribution in [-0.2, 0) is 15.4 Å². The number of nitrogens with one attached hydrogen (secondary N) is 2. The van der Waals surface area contributed by atoms with Gasteiger partial charge in [0.1, 0.15) is 0 Å². The number of rotatable bonds is 5. The summed E-state index contributed by atoms with van der Waals surface area (Å²) in [7, 11) is -5.01. The summed E-state index contributed by atoms with van der Waals surface area (Å²) in [6, 6.07) is 8.83. The molecule has 0 radical (unpaired) electrons. The Bertz CT molecular complexity index is 694. The molecule has 8 heteroatoms. The van der Waals surface area contributed by atoms with Gasteiger partial charge in [0.25, 0.3) is 0 Å². The third kappa shape index (κ3) is 4.48. The van der Waals surface area contributed by atoms with Crippen molar-refractivity contribution in [1.82, 2.24) is 10.0 Å². The molecule has 1 aliphatic rings. The van der Waals surface area contributed by atoms with Crippen molar-refractivity contribution < 1.29 is 22.0 Å². The number of sulfonamides is 1. The van der Waals surface area contributed by atoms with Crippen molar-refractivity contribution in [3.8, 4) is 0 Å². The Morgan fingerprint density at radius 3 is 2.28 bits per heavy atom. The minimum absolute atomic E-state index is 0.0401. The first-order chi connectivity index (χ1) is 11.6. The van der Waals surface area contributed by atoms with E-state index < -0.39 is 21.3 Å². The lowest BCUT2D eigenvalue weighted by atomic mass is 9.67. The van der Waals surface area contributed by atoms with Gasteiger partial charge in [0, 0.05) is 13.0 Å². The topological polar surface area (TPSA) is 75.3 Å². The summed E-state index contributed by atoms with van der Waals surface area (Å²) in [6.07, 6.45) is 3.98. The Balaban J connectivity index is 1.95. The van der Waals surface area contributed by atoms with Crippen LogP contribution in [0.15, 0.2) is 30.3 Å². The first kappa shape index (κ1) is 19.6. The van der Waals surface area contributed by atoms with E-state index in [2.05, 4.69) is 24.4 Å². The van der Waals surface area contributed by atoms with Crippen molar-refractivity contribution in [2.45, 2.75) is 62.7 Å². The van der Waals surface area contributed by atoms with E-state index in [9.17, 15) is 22.0 Å². The normalized spacial score (nSPS) is 24.6. The number of halogens is 2. The Labute approximate surface area is 147 Å². The minimum atomic E-state index is -5.01. The molecule has 0 unspecified atom stereocenters. The molecule has 0 bridgehead atoms. The quantitative estimate of drug-likeness (QED) is 0.828.